The lowest BCUT2D eigenvalue weighted by Crippen LogP contribution is -2.67. The zero-order valence-corrected chi connectivity index (χ0v) is 21.1. The van der Waals surface area contributed by atoms with E-state index in [2.05, 4.69) is 16.1 Å². The molecule has 6 rings (SSSR count). The molecule has 1 amide bonds. The number of aliphatic hydroxyl groups excluding tert-OH is 1. The minimum atomic E-state index is -1.04. The fraction of sp³-hybridized carbons (Fsp3) is 0.500. The van der Waals surface area contributed by atoms with Gasteiger partial charge in [-0.2, -0.15) is 0 Å². The second-order valence-corrected chi connectivity index (χ2v) is 11.9. The molecule has 4 N–H and O–H groups in total. The number of anilines is 1. The molecule has 4 aliphatic rings. The molecule has 3 fully saturated rings. The topological polar surface area (TPSA) is 86.5 Å². The first-order chi connectivity index (χ1) is 17.3. The van der Waals surface area contributed by atoms with Crippen LogP contribution in [0.15, 0.2) is 29.2 Å². The Balaban J connectivity index is 1.25. The number of carbonyl (C=O) groups is 1. The van der Waals surface area contributed by atoms with Gasteiger partial charge in [0.15, 0.2) is 11.6 Å². The summed E-state index contributed by atoms with van der Waals surface area (Å²) in [5.41, 5.74) is 0.406. The van der Waals surface area contributed by atoms with Crippen molar-refractivity contribution in [1.29, 1.82) is 0 Å². The Bertz CT molecular complexity index is 1270. The minimum Gasteiger partial charge on any atom is -0.393 e. The summed E-state index contributed by atoms with van der Waals surface area (Å²) >= 11 is 8.22. The highest BCUT2D eigenvalue weighted by Gasteiger charge is 2.72. The highest BCUT2D eigenvalue weighted by Crippen LogP contribution is 2.73. The predicted molar refractivity (Wildman–Crippen MR) is 135 cm³/mol. The van der Waals surface area contributed by atoms with Gasteiger partial charge in [-0.05, 0) is 85.9 Å². The third-order valence-electron chi connectivity index (χ3n) is 8.74. The number of benzene rings is 1. The summed E-state index contributed by atoms with van der Waals surface area (Å²) < 4.78 is 32.5. The van der Waals surface area contributed by atoms with Crippen molar-refractivity contribution >= 4 is 41.2 Å². The quantitative estimate of drug-likeness (QED) is 0.392. The number of nitrogens with zero attached hydrogens (tertiary/aromatic N) is 1. The van der Waals surface area contributed by atoms with Crippen LogP contribution in [0.3, 0.4) is 0 Å². The van der Waals surface area contributed by atoms with E-state index in [-0.39, 0.29) is 29.4 Å². The largest absolute Gasteiger partial charge is 0.393 e. The fourth-order valence-corrected chi connectivity index (χ4v) is 8.46. The van der Waals surface area contributed by atoms with E-state index in [1.807, 2.05) is 10.6 Å². The van der Waals surface area contributed by atoms with E-state index in [9.17, 15) is 23.8 Å². The van der Waals surface area contributed by atoms with Crippen LogP contribution < -0.4 is 10.0 Å². The maximum atomic E-state index is 13.7. The van der Waals surface area contributed by atoms with Gasteiger partial charge in [-0.1, -0.05) is 17.7 Å². The molecule has 6 nitrogen and oxygen atoms in total. The van der Waals surface area contributed by atoms with Crippen LogP contribution in [0.4, 0.5) is 14.5 Å². The average Bonchev–Trinajstić information content (AvgIpc) is 3.17. The zero-order chi connectivity index (χ0) is 25.2. The van der Waals surface area contributed by atoms with Crippen LogP contribution in [0.2, 0.25) is 5.02 Å². The van der Waals surface area contributed by atoms with E-state index in [0.717, 1.165) is 48.4 Å². The average molecular weight is 536 g/mol. The second kappa shape index (κ2) is 8.84. The van der Waals surface area contributed by atoms with Gasteiger partial charge in [-0.3, -0.25) is 9.52 Å². The van der Waals surface area contributed by atoms with Crippen molar-refractivity contribution < 1.29 is 23.8 Å². The summed E-state index contributed by atoms with van der Waals surface area (Å²) in [6, 6.07) is 3.43. The Morgan fingerprint density at radius 2 is 2.11 bits per heavy atom. The Morgan fingerprint density at radius 1 is 1.28 bits per heavy atom. The number of allylic oxidation sites excluding steroid dienone is 1. The molecular weight excluding hydrogens is 508 g/mol. The van der Waals surface area contributed by atoms with Crippen molar-refractivity contribution in [3.8, 4) is 0 Å². The van der Waals surface area contributed by atoms with E-state index in [1.54, 1.807) is 0 Å². The minimum absolute atomic E-state index is 0.132. The molecule has 0 saturated heterocycles. The Labute approximate surface area is 217 Å². The molecule has 0 radical (unpaired) electrons. The lowest BCUT2D eigenvalue weighted by Gasteiger charge is -2.66. The lowest BCUT2D eigenvalue weighted by atomic mass is 9.41. The van der Waals surface area contributed by atoms with E-state index >= 15 is 0 Å². The number of carbonyl (C=O) groups excluding carboxylic acids is 1. The third kappa shape index (κ3) is 3.66. The summed E-state index contributed by atoms with van der Waals surface area (Å²) in [5.74, 6) is -1.75. The number of halogens is 3. The molecule has 1 aliphatic heterocycles. The molecule has 36 heavy (non-hydrogen) atoms. The van der Waals surface area contributed by atoms with Crippen LogP contribution in [-0.4, -0.2) is 38.9 Å². The van der Waals surface area contributed by atoms with Gasteiger partial charge >= 0.3 is 0 Å². The number of aromatic nitrogens is 1. The van der Waals surface area contributed by atoms with Gasteiger partial charge in [0.25, 0.3) is 5.91 Å². The molecule has 2 aromatic rings. The summed E-state index contributed by atoms with van der Waals surface area (Å²) in [5, 5.41) is 23.4. The monoisotopic (exact) mass is 535 g/mol. The highest BCUT2D eigenvalue weighted by atomic mass is 35.5. The first-order valence-electron chi connectivity index (χ1n) is 12.4. The maximum Gasteiger partial charge on any atom is 0.273 e. The molecule has 3 aliphatic carbocycles. The summed E-state index contributed by atoms with van der Waals surface area (Å²) in [6.45, 7) is 0.391. The maximum absolute atomic E-state index is 13.7. The standard InChI is InChI=1S/C26H28ClF2N3O3S/c27-20-22(24(34)30-14-5-6-17(28)18(29)10-14)32-9-3-1-2-4-19(32)23(20)36-31-21-15-7-8-26(15)12-25(35,13-33)11-16(21)26/h2,4-6,10,15-16,21,31,33,35H,1,3,7-9,11-13H2,(H,30,34). The van der Waals surface area contributed by atoms with Crippen molar-refractivity contribution in [1.82, 2.24) is 9.29 Å². The van der Waals surface area contributed by atoms with Crippen molar-refractivity contribution in [2.24, 2.45) is 17.3 Å². The smallest absolute Gasteiger partial charge is 0.273 e. The Kier molecular flexibility index (Phi) is 6.00. The summed E-state index contributed by atoms with van der Waals surface area (Å²) in [7, 11) is 0. The molecule has 5 atom stereocenters. The Hall–Kier alpha value is -1.91. The number of hydrogen-bond donors (Lipinski definition) is 4. The molecule has 192 valence electrons. The Morgan fingerprint density at radius 3 is 2.83 bits per heavy atom. The molecule has 5 unspecified atom stereocenters. The number of nitrogens with one attached hydrogen (secondary N) is 2. The molecule has 3 saturated carbocycles. The van der Waals surface area contributed by atoms with Crippen LogP contribution in [-0.2, 0) is 6.54 Å². The predicted octanol–water partition coefficient (Wildman–Crippen LogP) is 4.99. The van der Waals surface area contributed by atoms with Crippen LogP contribution >= 0.6 is 23.5 Å². The number of aliphatic hydroxyl groups is 2. The second-order valence-electron chi connectivity index (χ2n) is 10.7. The third-order valence-corrected chi connectivity index (χ3v) is 10.2. The van der Waals surface area contributed by atoms with Gasteiger partial charge in [0.05, 0.1) is 27.8 Å². The van der Waals surface area contributed by atoms with Crippen molar-refractivity contribution in [3.63, 3.8) is 0 Å². The van der Waals surface area contributed by atoms with Crippen LogP contribution in [0, 0.1) is 28.9 Å². The molecule has 1 aromatic carbocycles. The first-order valence-corrected chi connectivity index (χ1v) is 13.6. The number of amides is 1. The van der Waals surface area contributed by atoms with Crippen LogP contribution in [0.25, 0.3) is 6.08 Å². The van der Waals surface area contributed by atoms with Gasteiger partial charge < -0.3 is 20.1 Å². The number of rotatable bonds is 6. The van der Waals surface area contributed by atoms with Crippen LogP contribution in [0.1, 0.15) is 54.7 Å². The molecular formula is C26H28ClF2N3O3S. The first kappa shape index (κ1) is 24.4. The number of fused-ring (bicyclic) bond motifs is 1. The molecule has 10 heteroatoms. The molecule has 0 bridgehead atoms. The van der Waals surface area contributed by atoms with E-state index in [1.165, 1.54) is 18.0 Å². The van der Waals surface area contributed by atoms with Gasteiger partial charge in [-0.25, -0.2) is 8.78 Å². The van der Waals surface area contributed by atoms with Gasteiger partial charge in [-0.15, -0.1) is 0 Å². The lowest BCUT2D eigenvalue weighted by molar-refractivity contribution is -0.148. The van der Waals surface area contributed by atoms with Gasteiger partial charge in [0.1, 0.15) is 5.69 Å². The zero-order valence-electron chi connectivity index (χ0n) is 19.6. The summed E-state index contributed by atoms with van der Waals surface area (Å²) in [4.78, 5) is 14.0. The van der Waals surface area contributed by atoms with Crippen molar-refractivity contribution in [3.05, 3.63) is 52.3 Å². The van der Waals surface area contributed by atoms with Crippen LogP contribution in [0.5, 0.6) is 0 Å². The SMILES string of the molecule is O=C(Nc1ccc(F)c(F)c1)c1c(Cl)c(SNC2C3CCC34CC(O)(CO)CC24)c2n1CCCC=C2. The normalized spacial score (nSPS) is 32.1. The fourth-order valence-electron chi connectivity index (χ4n) is 7.01. The van der Waals surface area contributed by atoms with Gasteiger partial charge in [0, 0.05) is 24.3 Å². The highest BCUT2D eigenvalue weighted by molar-refractivity contribution is 7.97. The summed E-state index contributed by atoms with van der Waals surface area (Å²) in [6.07, 6.45) is 9.19. The van der Waals surface area contributed by atoms with E-state index in [0.29, 0.717) is 36.2 Å². The number of hydrogen-bond acceptors (Lipinski definition) is 5. The van der Waals surface area contributed by atoms with Crippen molar-refractivity contribution in [2.45, 2.75) is 61.6 Å². The molecule has 1 spiro atoms. The van der Waals surface area contributed by atoms with Gasteiger partial charge in [0.2, 0.25) is 0 Å². The van der Waals surface area contributed by atoms with E-state index in [4.69, 9.17) is 11.6 Å². The van der Waals surface area contributed by atoms with E-state index < -0.39 is 23.1 Å². The molecule has 2 heterocycles. The molecule has 1 aromatic heterocycles. The van der Waals surface area contributed by atoms with Crippen molar-refractivity contribution in [2.75, 3.05) is 11.9 Å².